The largest absolute Gasteiger partial charge is 0.308 e. The van der Waals surface area contributed by atoms with Crippen molar-refractivity contribution in [3.8, 4) is 0 Å². The van der Waals surface area contributed by atoms with Crippen LogP contribution >= 0.6 is 23.2 Å². The van der Waals surface area contributed by atoms with Crippen LogP contribution < -0.4 is 0 Å². The fraction of sp³-hybridized carbons (Fsp3) is 0.500. The van der Waals surface area contributed by atoms with E-state index in [0.29, 0.717) is 13.1 Å². The van der Waals surface area contributed by atoms with E-state index in [2.05, 4.69) is 0 Å². The Hall–Kier alpha value is -0.580. The minimum absolute atomic E-state index is 0.185. The van der Waals surface area contributed by atoms with Crippen LogP contribution in [0.25, 0.3) is 0 Å². The van der Waals surface area contributed by atoms with E-state index < -0.39 is 11.8 Å². The number of hydrogen-bond donors (Lipinski definition) is 0. The van der Waals surface area contributed by atoms with E-state index in [-0.39, 0.29) is 10.1 Å². The molecule has 1 heterocycles. The summed E-state index contributed by atoms with van der Waals surface area (Å²) in [6.45, 7) is 0.892. The number of hydrogen-bond acceptors (Lipinski definition) is 3. The van der Waals surface area contributed by atoms with Gasteiger partial charge in [-0.15, -0.1) is 0 Å². The summed E-state index contributed by atoms with van der Waals surface area (Å²) in [5.74, 6) is -1.02. The van der Waals surface area contributed by atoms with Crippen molar-refractivity contribution in [1.29, 1.82) is 0 Å². The number of halogens is 2. The second kappa shape index (κ2) is 4.29. The van der Waals surface area contributed by atoms with Crippen molar-refractivity contribution >= 4 is 35.0 Å². The van der Waals surface area contributed by atoms with Gasteiger partial charge in [-0.1, -0.05) is 23.2 Å². The van der Waals surface area contributed by atoms with Gasteiger partial charge in [-0.25, -0.2) is 0 Å². The average Bonchev–Trinajstić information content (AvgIpc) is 2.29. The highest BCUT2D eigenvalue weighted by Gasteiger charge is 2.36. The first kappa shape index (κ1) is 11.5. The van der Waals surface area contributed by atoms with E-state index in [0.717, 1.165) is 4.90 Å². The maximum absolute atomic E-state index is 11.4. The molecule has 14 heavy (non-hydrogen) atoms. The lowest BCUT2D eigenvalue weighted by molar-refractivity contribution is -0.137. The molecule has 1 rings (SSSR count). The molecule has 0 aromatic carbocycles. The molecule has 4 nitrogen and oxygen atoms in total. The van der Waals surface area contributed by atoms with Crippen LogP contribution in [0.3, 0.4) is 0 Å². The fourth-order valence-corrected chi connectivity index (χ4v) is 1.39. The molecule has 0 saturated carbocycles. The molecule has 0 unspecified atom stereocenters. The number of imide groups is 1. The number of rotatable bonds is 3. The summed E-state index contributed by atoms with van der Waals surface area (Å²) in [6.07, 6.45) is 0. The van der Waals surface area contributed by atoms with Crippen molar-refractivity contribution in [2.24, 2.45) is 0 Å². The molecule has 1 aliphatic heterocycles. The lowest BCUT2D eigenvalue weighted by Crippen LogP contribution is -2.36. The first-order valence-electron chi connectivity index (χ1n) is 4.01. The standard InChI is InChI=1S/C8H10Cl2N2O2/c1-11(2)3-4-12-7(13)5(9)6(10)8(12)14/h3-4H2,1-2H3. The van der Waals surface area contributed by atoms with Crippen LogP contribution in [-0.2, 0) is 9.59 Å². The van der Waals surface area contributed by atoms with Crippen LogP contribution in [-0.4, -0.2) is 48.8 Å². The van der Waals surface area contributed by atoms with Gasteiger partial charge in [0.25, 0.3) is 11.8 Å². The van der Waals surface area contributed by atoms with Crippen LogP contribution in [0.1, 0.15) is 0 Å². The number of amides is 2. The zero-order chi connectivity index (χ0) is 10.9. The van der Waals surface area contributed by atoms with Crippen molar-refractivity contribution in [2.75, 3.05) is 27.2 Å². The van der Waals surface area contributed by atoms with Crippen molar-refractivity contribution < 1.29 is 9.59 Å². The number of nitrogens with zero attached hydrogens (tertiary/aromatic N) is 2. The Morgan fingerprint density at radius 2 is 1.57 bits per heavy atom. The molecular weight excluding hydrogens is 227 g/mol. The molecule has 6 heteroatoms. The van der Waals surface area contributed by atoms with Gasteiger partial charge in [-0.2, -0.15) is 0 Å². The van der Waals surface area contributed by atoms with Crippen molar-refractivity contribution in [3.63, 3.8) is 0 Å². The molecule has 0 aromatic rings. The van der Waals surface area contributed by atoms with E-state index in [1.165, 1.54) is 0 Å². The Morgan fingerprint density at radius 1 is 1.14 bits per heavy atom. The summed E-state index contributed by atoms with van der Waals surface area (Å²) >= 11 is 11.1. The lowest BCUT2D eigenvalue weighted by Gasteiger charge is -2.16. The zero-order valence-corrected chi connectivity index (χ0v) is 9.39. The monoisotopic (exact) mass is 236 g/mol. The predicted octanol–water partition coefficient (Wildman–Crippen LogP) is 0.606. The molecule has 2 amide bonds. The summed E-state index contributed by atoms with van der Waals surface area (Å²) in [5.41, 5.74) is 0. The summed E-state index contributed by atoms with van der Waals surface area (Å²) in [5, 5.41) is -0.370. The second-order valence-electron chi connectivity index (χ2n) is 3.19. The van der Waals surface area contributed by atoms with Gasteiger partial charge in [-0.3, -0.25) is 14.5 Å². The number of carbonyl (C=O) groups is 2. The Balaban J connectivity index is 2.68. The number of carbonyl (C=O) groups excluding carboxylic acids is 2. The van der Waals surface area contributed by atoms with Crippen molar-refractivity contribution in [3.05, 3.63) is 10.1 Å². The zero-order valence-electron chi connectivity index (χ0n) is 7.88. The van der Waals surface area contributed by atoms with Gasteiger partial charge >= 0.3 is 0 Å². The number of likely N-dealkylation sites (N-methyl/N-ethyl adjacent to an activating group) is 1. The third-order valence-electron chi connectivity index (χ3n) is 1.83. The van der Waals surface area contributed by atoms with Crippen molar-refractivity contribution in [1.82, 2.24) is 9.80 Å². The van der Waals surface area contributed by atoms with Gasteiger partial charge in [-0.05, 0) is 14.1 Å². The van der Waals surface area contributed by atoms with Crippen LogP contribution in [0.5, 0.6) is 0 Å². The second-order valence-corrected chi connectivity index (χ2v) is 3.95. The Labute approximate surface area is 92.0 Å². The molecule has 0 bridgehead atoms. The van der Waals surface area contributed by atoms with E-state index >= 15 is 0 Å². The third-order valence-corrected chi connectivity index (χ3v) is 2.63. The fourth-order valence-electron chi connectivity index (χ4n) is 1.02. The Kier molecular flexibility index (Phi) is 3.53. The van der Waals surface area contributed by atoms with Crippen molar-refractivity contribution in [2.45, 2.75) is 0 Å². The molecule has 0 N–H and O–H groups in total. The maximum atomic E-state index is 11.4. The van der Waals surface area contributed by atoms with Gasteiger partial charge < -0.3 is 4.90 Å². The SMILES string of the molecule is CN(C)CCN1C(=O)C(Cl)=C(Cl)C1=O. The first-order valence-corrected chi connectivity index (χ1v) is 4.77. The molecule has 0 radical (unpaired) electrons. The molecule has 1 aliphatic rings. The quantitative estimate of drug-likeness (QED) is 0.675. The van der Waals surface area contributed by atoms with Crippen LogP contribution in [0, 0.1) is 0 Å². The lowest BCUT2D eigenvalue weighted by atomic mass is 10.5. The molecule has 0 fully saturated rings. The molecule has 0 saturated heterocycles. The molecular formula is C8H10Cl2N2O2. The van der Waals surface area contributed by atoms with Crippen LogP contribution in [0.15, 0.2) is 10.1 Å². The smallest absolute Gasteiger partial charge is 0.274 e. The molecule has 0 aromatic heterocycles. The van der Waals surface area contributed by atoms with E-state index in [1.54, 1.807) is 0 Å². The minimum atomic E-state index is -0.511. The predicted molar refractivity (Wildman–Crippen MR) is 54.0 cm³/mol. The third kappa shape index (κ3) is 2.08. The Bertz CT molecular complexity index is 288. The van der Waals surface area contributed by atoms with Gasteiger partial charge in [0.1, 0.15) is 10.1 Å². The highest BCUT2D eigenvalue weighted by Crippen LogP contribution is 2.26. The molecule has 0 spiro atoms. The highest BCUT2D eigenvalue weighted by atomic mass is 35.5. The maximum Gasteiger partial charge on any atom is 0.274 e. The van der Waals surface area contributed by atoms with Gasteiger partial charge in [0.2, 0.25) is 0 Å². The van der Waals surface area contributed by atoms with Crippen LogP contribution in [0.2, 0.25) is 0 Å². The summed E-state index contributed by atoms with van der Waals surface area (Å²) in [7, 11) is 3.70. The van der Waals surface area contributed by atoms with Crippen LogP contribution in [0.4, 0.5) is 0 Å². The van der Waals surface area contributed by atoms with E-state index in [9.17, 15) is 9.59 Å². The summed E-state index contributed by atoms with van der Waals surface area (Å²) in [6, 6.07) is 0. The first-order chi connectivity index (χ1) is 6.45. The normalized spacial score (nSPS) is 17.6. The molecule has 0 aliphatic carbocycles. The van der Waals surface area contributed by atoms with Gasteiger partial charge in [0.15, 0.2) is 0 Å². The molecule has 0 atom stereocenters. The minimum Gasteiger partial charge on any atom is -0.308 e. The van der Waals surface area contributed by atoms with Gasteiger partial charge in [0, 0.05) is 13.1 Å². The van der Waals surface area contributed by atoms with Gasteiger partial charge in [0.05, 0.1) is 0 Å². The summed E-state index contributed by atoms with van der Waals surface area (Å²) in [4.78, 5) is 25.6. The highest BCUT2D eigenvalue weighted by molar-refractivity contribution is 6.58. The Morgan fingerprint density at radius 3 is 1.93 bits per heavy atom. The molecule has 78 valence electrons. The van der Waals surface area contributed by atoms with E-state index in [1.807, 2.05) is 19.0 Å². The van der Waals surface area contributed by atoms with E-state index in [4.69, 9.17) is 23.2 Å². The topological polar surface area (TPSA) is 40.6 Å². The average molecular weight is 237 g/mol. The summed E-state index contributed by atoms with van der Waals surface area (Å²) < 4.78 is 0.